The van der Waals surface area contributed by atoms with E-state index in [-0.39, 0.29) is 37.3 Å². The molecule has 0 spiro atoms. The van der Waals surface area contributed by atoms with Gasteiger partial charge in [0.05, 0.1) is 27.4 Å². The van der Waals surface area contributed by atoms with Crippen LogP contribution in [-0.2, 0) is 19.6 Å². The van der Waals surface area contributed by atoms with Crippen molar-refractivity contribution in [1.29, 1.82) is 0 Å². The van der Waals surface area contributed by atoms with Gasteiger partial charge in [0.2, 0.25) is 0 Å². The summed E-state index contributed by atoms with van der Waals surface area (Å²) >= 11 is 24.2. The maximum absolute atomic E-state index is 13.2. The maximum atomic E-state index is 13.2. The molecule has 0 aliphatic carbocycles. The third-order valence-electron chi connectivity index (χ3n) is 3.23. The molecule has 0 unspecified atom stereocenters. The summed E-state index contributed by atoms with van der Waals surface area (Å²) in [6.45, 7) is 1.05. The van der Waals surface area contributed by atoms with Gasteiger partial charge in [0.1, 0.15) is 11.4 Å². The van der Waals surface area contributed by atoms with Crippen molar-refractivity contribution in [3.8, 4) is 0 Å². The number of carbonyl (C=O) groups excluding carboxylic acids is 1. The van der Waals surface area contributed by atoms with E-state index in [0.29, 0.717) is 0 Å². The zero-order valence-corrected chi connectivity index (χ0v) is 17.2. The molecule has 10 heteroatoms. The van der Waals surface area contributed by atoms with Crippen LogP contribution in [-0.4, -0.2) is 27.5 Å². The van der Waals surface area contributed by atoms with Crippen molar-refractivity contribution < 1.29 is 17.9 Å². The summed E-state index contributed by atoms with van der Waals surface area (Å²) in [5.41, 5.74) is -0.0556. The van der Waals surface area contributed by atoms with Crippen LogP contribution in [0.15, 0.2) is 41.3 Å². The van der Waals surface area contributed by atoms with Crippen molar-refractivity contribution in [1.82, 2.24) is 0 Å². The second-order valence-electron chi connectivity index (χ2n) is 4.96. The number of hydrogen-bond acceptors (Lipinski definition) is 4. The minimum absolute atomic E-state index is 0.0449. The maximum Gasteiger partial charge on any atom is 0.326 e. The molecule has 5 nitrogen and oxygen atoms in total. The van der Waals surface area contributed by atoms with Crippen molar-refractivity contribution in [3.05, 3.63) is 56.5 Å². The van der Waals surface area contributed by atoms with Crippen molar-refractivity contribution in [2.45, 2.75) is 11.8 Å². The Morgan fingerprint density at radius 3 is 2.23 bits per heavy atom. The molecule has 0 aliphatic heterocycles. The number of benzene rings is 2. The summed E-state index contributed by atoms with van der Waals surface area (Å²) in [6.07, 6.45) is 0. The molecule has 140 valence electrons. The van der Waals surface area contributed by atoms with Crippen LogP contribution in [0.4, 0.5) is 5.69 Å². The Labute approximate surface area is 171 Å². The molecule has 0 fully saturated rings. The van der Waals surface area contributed by atoms with Gasteiger partial charge >= 0.3 is 5.97 Å². The van der Waals surface area contributed by atoms with Gasteiger partial charge in [-0.2, -0.15) is 0 Å². The first-order chi connectivity index (χ1) is 12.2. The molecule has 0 amide bonds. The number of halogens is 4. The number of sulfonamides is 1. The molecule has 0 saturated carbocycles. The molecule has 2 aromatic carbocycles. The minimum Gasteiger partial charge on any atom is -0.465 e. The fourth-order valence-electron chi connectivity index (χ4n) is 2.13. The average molecular weight is 457 g/mol. The van der Waals surface area contributed by atoms with E-state index in [4.69, 9.17) is 51.1 Å². The van der Waals surface area contributed by atoms with E-state index in [2.05, 4.69) is 0 Å². The van der Waals surface area contributed by atoms with Crippen LogP contribution >= 0.6 is 46.4 Å². The lowest BCUT2D eigenvalue weighted by atomic mass is 10.3. The number of para-hydroxylation sites is 1. The highest BCUT2D eigenvalue weighted by Gasteiger charge is 2.32. The molecule has 0 N–H and O–H groups in total. The summed E-state index contributed by atoms with van der Waals surface area (Å²) in [6, 6.07) is 8.43. The molecular formula is C16H13Cl4NO4S. The molecular weight excluding hydrogens is 444 g/mol. The highest BCUT2D eigenvalue weighted by atomic mass is 35.5. The Kier molecular flexibility index (Phi) is 7.05. The first kappa shape index (κ1) is 21.1. The zero-order chi connectivity index (χ0) is 19.5. The Hall–Kier alpha value is -1.18. The minimum atomic E-state index is -4.32. The Morgan fingerprint density at radius 1 is 1.04 bits per heavy atom. The Bertz CT molecular complexity index is 914. The highest BCUT2D eigenvalue weighted by molar-refractivity contribution is 7.93. The van der Waals surface area contributed by atoms with E-state index in [1.54, 1.807) is 13.0 Å². The molecule has 2 aromatic rings. The van der Waals surface area contributed by atoms with Crippen LogP contribution in [0.25, 0.3) is 0 Å². The zero-order valence-electron chi connectivity index (χ0n) is 13.4. The van der Waals surface area contributed by atoms with Gasteiger partial charge in [0.15, 0.2) is 0 Å². The van der Waals surface area contributed by atoms with Crippen LogP contribution in [0.5, 0.6) is 0 Å². The van der Waals surface area contributed by atoms with Crippen molar-refractivity contribution in [2.24, 2.45) is 0 Å². The summed E-state index contributed by atoms with van der Waals surface area (Å²) in [5.74, 6) is -0.773. The molecule has 26 heavy (non-hydrogen) atoms. The van der Waals surface area contributed by atoms with Crippen LogP contribution in [0.3, 0.4) is 0 Å². The molecule has 0 heterocycles. The normalized spacial score (nSPS) is 11.3. The van der Waals surface area contributed by atoms with Gasteiger partial charge in [-0.05, 0) is 37.3 Å². The summed E-state index contributed by atoms with van der Waals surface area (Å²) in [4.78, 5) is 11.7. The van der Waals surface area contributed by atoms with Gasteiger partial charge in [0.25, 0.3) is 10.0 Å². The summed E-state index contributed by atoms with van der Waals surface area (Å²) in [7, 11) is -4.32. The number of rotatable bonds is 6. The number of esters is 1. The number of anilines is 1. The van der Waals surface area contributed by atoms with Crippen molar-refractivity contribution >= 4 is 68.1 Å². The topological polar surface area (TPSA) is 63.7 Å². The van der Waals surface area contributed by atoms with Gasteiger partial charge < -0.3 is 4.74 Å². The van der Waals surface area contributed by atoms with Crippen LogP contribution in [0, 0.1) is 0 Å². The average Bonchev–Trinajstić information content (AvgIpc) is 2.56. The molecule has 0 radical (unpaired) electrons. The van der Waals surface area contributed by atoms with E-state index < -0.39 is 22.5 Å². The summed E-state index contributed by atoms with van der Waals surface area (Å²) in [5, 5.41) is 0.188. The molecule has 0 saturated heterocycles. The van der Waals surface area contributed by atoms with Gasteiger partial charge in [-0.25, -0.2) is 8.42 Å². The number of nitrogens with zero attached hydrogens (tertiary/aromatic N) is 1. The third kappa shape index (κ3) is 4.56. The first-order valence-electron chi connectivity index (χ1n) is 7.26. The van der Waals surface area contributed by atoms with Gasteiger partial charge in [0, 0.05) is 5.02 Å². The van der Waals surface area contributed by atoms with Crippen molar-refractivity contribution in [2.75, 3.05) is 17.5 Å². The van der Waals surface area contributed by atoms with E-state index in [9.17, 15) is 13.2 Å². The standard InChI is InChI=1S/C16H13Cl4NO4S/c1-2-25-15(22)9-21(16-12(19)4-3-5-13(16)20)26(23,24)14-8-10(17)6-7-11(14)18/h3-8H,2,9H2,1H3. The van der Waals surface area contributed by atoms with Gasteiger partial charge in [-0.3, -0.25) is 9.10 Å². The molecule has 0 aliphatic rings. The van der Waals surface area contributed by atoms with Crippen LogP contribution < -0.4 is 4.31 Å². The lowest BCUT2D eigenvalue weighted by molar-refractivity contribution is -0.141. The van der Waals surface area contributed by atoms with Crippen LogP contribution in [0.1, 0.15) is 6.92 Å². The lowest BCUT2D eigenvalue weighted by Crippen LogP contribution is -2.37. The third-order valence-corrected chi connectivity index (χ3v) is 6.30. The summed E-state index contributed by atoms with van der Waals surface area (Å²) < 4.78 is 32.0. The largest absolute Gasteiger partial charge is 0.465 e. The van der Waals surface area contributed by atoms with Crippen molar-refractivity contribution in [3.63, 3.8) is 0 Å². The van der Waals surface area contributed by atoms with E-state index >= 15 is 0 Å². The monoisotopic (exact) mass is 455 g/mol. The number of ether oxygens (including phenoxy) is 1. The fourth-order valence-corrected chi connectivity index (χ4v) is 5.02. The Balaban J connectivity index is 2.67. The first-order valence-corrected chi connectivity index (χ1v) is 10.2. The highest BCUT2D eigenvalue weighted by Crippen LogP contribution is 2.38. The predicted molar refractivity (Wildman–Crippen MR) is 104 cm³/mol. The smallest absolute Gasteiger partial charge is 0.326 e. The number of carbonyl (C=O) groups is 1. The van der Waals surface area contributed by atoms with Crippen LogP contribution in [0.2, 0.25) is 20.1 Å². The fraction of sp³-hybridized carbons (Fsp3) is 0.188. The Morgan fingerprint density at radius 2 is 1.65 bits per heavy atom. The number of hydrogen-bond donors (Lipinski definition) is 0. The molecule has 2 rings (SSSR count). The quantitative estimate of drug-likeness (QED) is 0.570. The molecule has 0 aromatic heterocycles. The lowest BCUT2D eigenvalue weighted by Gasteiger charge is -2.25. The molecule has 0 bridgehead atoms. The van der Waals surface area contributed by atoms with E-state index in [1.165, 1.54) is 30.3 Å². The van der Waals surface area contributed by atoms with Gasteiger partial charge in [-0.15, -0.1) is 0 Å². The second kappa shape index (κ2) is 8.67. The van der Waals surface area contributed by atoms with Gasteiger partial charge in [-0.1, -0.05) is 52.5 Å². The molecule has 0 atom stereocenters. The second-order valence-corrected chi connectivity index (χ2v) is 8.45. The van der Waals surface area contributed by atoms with E-state index in [0.717, 1.165) is 4.31 Å². The SMILES string of the molecule is CCOC(=O)CN(c1c(Cl)cccc1Cl)S(=O)(=O)c1cc(Cl)ccc1Cl. The van der Waals surface area contributed by atoms with E-state index in [1.807, 2.05) is 0 Å². The predicted octanol–water partition coefficient (Wildman–Crippen LogP) is 5.06.